The molecule has 1 aliphatic carbocycles. The Morgan fingerprint density at radius 2 is 1.91 bits per heavy atom. The van der Waals surface area contributed by atoms with Gasteiger partial charge in [0.05, 0.1) is 18.2 Å². The van der Waals surface area contributed by atoms with Crippen LogP contribution in [0.4, 0.5) is 5.69 Å². The zero-order valence-electron chi connectivity index (χ0n) is 25.0. The molecular weight excluding hydrogens is 568 g/mol. The third-order valence-corrected chi connectivity index (χ3v) is 10.6. The summed E-state index contributed by atoms with van der Waals surface area (Å²) < 4.78 is 12.8. The summed E-state index contributed by atoms with van der Waals surface area (Å²) in [6, 6.07) is 11.0. The van der Waals surface area contributed by atoms with Gasteiger partial charge in [-0.3, -0.25) is 4.79 Å². The minimum absolute atomic E-state index is 0.189. The van der Waals surface area contributed by atoms with Gasteiger partial charge in [-0.1, -0.05) is 23.7 Å². The van der Waals surface area contributed by atoms with Crippen molar-refractivity contribution in [3.05, 3.63) is 58.1 Å². The summed E-state index contributed by atoms with van der Waals surface area (Å²) in [5.41, 5.74) is 0.836. The molecule has 2 aromatic carbocycles. The molecule has 9 heteroatoms. The first-order chi connectivity index (χ1) is 20.7. The van der Waals surface area contributed by atoms with Gasteiger partial charge in [-0.25, -0.2) is 4.79 Å². The molecule has 2 aromatic rings. The van der Waals surface area contributed by atoms with Gasteiger partial charge in [-0.05, 0) is 110 Å². The Morgan fingerprint density at radius 3 is 2.70 bits per heavy atom. The topological polar surface area (TPSA) is 99.5 Å². The Hall–Kier alpha value is -2.81. The number of aryl methyl sites for hydroxylation is 1. The van der Waals surface area contributed by atoms with Crippen molar-refractivity contribution in [2.24, 2.45) is 17.8 Å². The summed E-state index contributed by atoms with van der Waals surface area (Å²) in [4.78, 5) is 29.8. The molecule has 5 atom stereocenters. The van der Waals surface area contributed by atoms with Crippen LogP contribution >= 0.6 is 11.6 Å². The highest BCUT2D eigenvalue weighted by atomic mass is 35.5. The fraction of sp³-hybridized carbons (Fsp3) is 0.588. The second-order valence-corrected chi connectivity index (χ2v) is 13.5. The maximum atomic E-state index is 13.3. The van der Waals surface area contributed by atoms with Gasteiger partial charge < -0.3 is 29.5 Å². The van der Waals surface area contributed by atoms with Crippen LogP contribution in [0.25, 0.3) is 0 Å². The zero-order chi connectivity index (χ0) is 30.1. The van der Waals surface area contributed by atoms with Crippen molar-refractivity contribution in [1.82, 2.24) is 4.90 Å². The lowest BCUT2D eigenvalue weighted by Crippen LogP contribution is -2.47. The summed E-state index contributed by atoms with van der Waals surface area (Å²) in [6.45, 7) is 3.19. The Kier molecular flexibility index (Phi) is 8.90. The highest BCUT2D eigenvalue weighted by Crippen LogP contribution is 2.45. The molecule has 4 aliphatic rings. The number of amides is 1. The summed E-state index contributed by atoms with van der Waals surface area (Å²) in [6.07, 6.45) is 7.58. The Balaban J connectivity index is 1.41. The number of anilines is 1. The fourth-order valence-electron chi connectivity index (χ4n) is 7.41. The van der Waals surface area contributed by atoms with Crippen LogP contribution in [0.5, 0.6) is 5.75 Å². The smallest absolute Gasteiger partial charge is 0.340 e. The van der Waals surface area contributed by atoms with Crippen molar-refractivity contribution in [3.63, 3.8) is 0 Å². The molecule has 3 heterocycles. The number of rotatable bonds is 1. The number of aliphatic hydroxyl groups is 1. The van der Waals surface area contributed by atoms with Crippen LogP contribution in [0.3, 0.4) is 0 Å². The number of hydrogen-bond donors (Lipinski definition) is 2. The number of carboxylic acids is 1. The summed E-state index contributed by atoms with van der Waals surface area (Å²) in [7, 11) is 1.70. The molecule has 2 N–H and O–H groups in total. The second kappa shape index (κ2) is 12.7. The maximum Gasteiger partial charge on any atom is 0.340 e. The van der Waals surface area contributed by atoms with E-state index >= 15 is 0 Å². The average molecular weight is 611 g/mol. The largest absolute Gasteiger partial charge is 0.487 e. The van der Waals surface area contributed by atoms with E-state index in [9.17, 15) is 19.8 Å². The van der Waals surface area contributed by atoms with Gasteiger partial charge in [0.1, 0.15) is 12.4 Å². The van der Waals surface area contributed by atoms with Crippen molar-refractivity contribution >= 4 is 29.2 Å². The van der Waals surface area contributed by atoms with E-state index in [4.69, 9.17) is 21.1 Å². The predicted octanol–water partition coefficient (Wildman–Crippen LogP) is 5.41. The number of carbonyl (C=O) groups is 2. The first kappa shape index (κ1) is 30.2. The van der Waals surface area contributed by atoms with Gasteiger partial charge in [0.2, 0.25) is 5.91 Å². The van der Waals surface area contributed by atoms with E-state index in [1.807, 2.05) is 18.2 Å². The molecule has 3 aliphatic heterocycles. The lowest BCUT2D eigenvalue weighted by atomic mass is 9.67. The molecule has 0 radical (unpaired) electrons. The fourth-order valence-corrected chi connectivity index (χ4v) is 7.60. The van der Waals surface area contributed by atoms with Crippen LogP contribution in [-0.2, 0) is 33.0 Å². The third-order valence-electron chi connectivity index (χ3n) is 10.3. The van der Waals surface area contributed by atoms with Crippen LogP contribution in [0.2, 0.25) is 5.02 Å². The van der Waals surface area contributed by atoms with E-state index < -0.39 is 18.0 Å². The monoisotopic (exact) mass is 610 g/mol. The standard InChI is InChI=1S/C34H43ClN2O6/c1-36-14-11-22-12-15-42-31(16-22)28-9-6-24(28)20-37-13-3-2-4-23-17-27(35)8-5-25(23)21-43-30-10-7-26(18-29(30)37)34(41,33(39)40)19-32(36)38/h5,7-8,10,17-18,22,24,28,31,41H,2-4,6,9,11-16,19-21H2,1H3,(H,39,40)/t22-,24+,28-,31+,34+/m1/s1. The number of aliphatic carboxylic acids is 1. The van der Waals surface area contributed by atoms with Crippen LogP contribution in [0, 0.1) is 17.8 Å². The zero-order valence-corrected chi connectivity index (χ0v) is 25.7. The van der Waals surface area contributed by atoms with Gasteiger partial charge in [0, 0.05) is 38.3 Å². The molecule has 1 saturated carbocycles. The number of hydrogen-bond acceptors (Lipinski definition) is 6. The van der Waals surface area contributed by atoms with Crippen molar-refractivity contribution in [2.45, 2.75) is 76.1 Å². The molecule has 8 nitrogen and oxygen atoms in total. The number of fused-ring (bicyclic) bond motifs is 6. The second-order valence-electron chi connectivity index (χ2n) is 13.0. The SMILES string of the molecule is CN1CC[C@@H]2CCO[C@@H](C2)[C@@H]2CC[C@H]2CN2CCCCc3cc(Cl)ccc3COc3ccc(cc32)[C@](O)(C(=O)O)CC1=O. The Bertz CT molecular complexity index is 1350. The number of halogens is 1. The molecule has 0 aromatic heterocycles. The van der Waals surface area contributed by atoms with E-state index in [2.05, 4.69) is 4.90 Å². The molecule has 0 unspecified atom stereocenters. The average Bonchev–Trinajstić information content (AvgIpc) is 3.00. The summed E-state index contributed by atoms with van der Waals surface area (Å²) >= 11 is 6.33. The normalized spacial score (nSPS) is 30.2. The molecule has 1 amide bonds. The van der Waals surface area contributed by atoms with Crippen LogP contribution in [0.1, 0.15) is 68.1 Å². The highest BCUT2D eigenvalue weighted by Gasteiger charge is 2.44. The van der Waals surface area contributed by atoms with Crippen LogP contribution < -0.4 is 9.64 Å². The highest BCUT2D eigenvalue weighted by molar-refractivity contribution is 6.30. The number of carbonyl (C=O) groups excluding carboxylic acids is 1. The van der Waals surface area contributed by atoms with Crippen molar-refractivity contribution in [2.75, 3.05) is 38.2 Å². The van der Waals surface area contributed by atoms with E-state index in [0.29, 0.717) is 41.7 Å². The minimum atomic E-state index is -2.36. The number of carboxylic acid groups (broad SMARTS) is 1. The van der Waals surface area contributed by atoms with E-state index in [1.165, 1.54) is 5.56 Å². The number of benzene rings is 2. The number of ether oxygens (including phenoxy) is 2. The first-order valence-corrected chi connectivity index (χ1v) is 16.2. The molecule has 6 rings (SSSR count). The Morgan fingerprint density at radius 1 is 1.05 bits per heavy atom. The van der Waals surface area contributed by atoms with Crippen molar-refractivity contribution in [1.29, 1.82) is 0 Å². The van der Waals surface area contributed by atoms with Crippen LogP contribution in [-0.4, -0.2) is 66.4 Å². The lowest BCUT2D eigenvalue weighted by Gasteiger charge is -2.47. The van der Waals surface area contributed by atoms with Crippen molar-refractivity contribution < 1.29 is 29.3 Å². The summed E-state index contributed by atoms with van der Waals surface area (Å²) in [5.74, 6) is 0.201. The van der Waals surface area contributed by atoms with Gasteiger partial charge in [0.25, 0.3) is 0 Å². The van der Waals surface area contributed by atoms with E-state index in [-0.39, 0.29) is 17.6 Å². The van der Waals surface area contributed by atoms with Crippen LogP contribution in [0.15, 0.2) is 36.4 Å². The molecular formula is C34H43ClN2O6. The molecule has 0 spiro atoms. The van der Waals surface area contributed by atoms with Gasteiger partial charge in [-0.15, -0.1) is 0 Å². The van der Waals surface area contributed by atoms with Gasteiger partial charge in [-0.2, -0.15) is 0 Å². The molecule has 2 fully saturated rings. The van der Waals surface area contributed by atoms with Gasteiger partial charge >= 0.3 is 5.97 Å². The minimum Gasteiger partial charge on any atom is -0.487 e. The van der Waals surface area contributed by atoms with Crippen molar-refractivity contribution in [3.8, 4) is 5.75 Å². The molecule has 232 valence electrons. The third kappa shape index (κ3) is 6.38. The van der Waals surface area contributed by atoms with E-state index in [1.54, 1.807) is 30.1 Å². The predicted molar refractivity (Wildman–Crippen MR) is 164 cm³/mol. The lowest BCUT2D eigenvalue weighted by molar-refractivity contribution is -0.164. The molecule has 1 saturated heterocycles. The maximum absolute atomic E-state index is 13.3. The van der Waals surface area contributed by atoms with E-state index in [0.717, 1.165) is 82.3 Å². The molecule has 4 bridgehead atoms. The molecule has 43 heavy (non-hydrogen) atoms. The first-order valence-electron chi connectivity index (χ1n) is 15.8. The number of nitrogens with zero attached hydrogens (tertiary/aromatic N) is 2. The van der Waals surface area contributed by atoms with Gasteiger partial charge in [0.15, 0.2) is 5.60 Å². The quantitative estimate of drug-likeness (QED) is 0.446. The Labute approximate surface area is 258 Å². The summed E-state index contributed by atoms with van der Waals surface area (Å²) in [5, 5.41) is 22.6.